The second-order valence-electron chi connectivity index (χ2n) is 6.49. The van der Waals surface area contributed by atoms with Crippen molar-refractivity contribution in [2.24, 2.45) is 14.1 Å². The van der Waals surface area contributed by atoms with Crippen LogP contribution >= 0.6 is 0 Å². The summed E-state index contributed by atoms with van der Waals surface area (Å²) >= 11 is 0. The van der Waals surface area contributed by atoms with Crippen molar-refractivity contribution in [3.63, 3.8) is 0 Å². The van der Waals surface area contributed by atoms with E-state index < -0.39 is 17.0 Å². The molecular formula is C18H24N4O3. The molecule has 7 heteroatoms. The Bertz CT molecular complexity index is 941. The molecule has 0 atom stereocenters. The standard InChI is InChI=1S/C18H24N4O3/c1-11-6-7-13(12(2)8-11)9-20(3)10-14(23)15-16(19)21(4)18(25)22(5)17(15)24/h6-8H,9-10,19H2,1-5H3. The van der Waals surface area contributed by atoms with E-state index in [0.717, 1.165) is 20.3 Å². The Morgan fingerprint density at radius 2 is 1.80 bits per heavy atom. The maximum Gasteiger partial charge on any atom is 0.332 e. The van der Waals surface area contributed by atoms with Crippen molar-refractivity contribution in [2.45, 2.75) is 20.4 Å². The van der Waals surface area contributed by atoms with Crippen LogP contribution in [0.1, 0.15) is 27.0 Å². The highest BCUT2D eigenvalue weighted by Gasteiger charge is 2.21. The molecule has 1 aromatic heterocycles. The summed E-state index contributed by atoms with van der Waals surface area (Å²) in [6.07, 6.45) is 0. The molecule has 2 aromatic rings. The number of anilines is 1. The van der Waals surface area contributed by atoms with Crippen LogP contribution < -0.4 is 17.0 Å². The smallest absolute Gasteiger partial charge is 0.332 e. The second kappa shape index (κ2) is 7.06. The molecule has 7 nitrogen and oxygen atoms in total. The van der Waals surface area contributed by atoms with Gasteiger partial charge < -0.3 is 5.73 Å². The normalized spacial score (nSPS) is 11.1. The number of benzene rings is 1. The number of hydrogen-bond acceptors (Lipinski definition) is 5. The van der Waals surface area contributed by atoms with Crippen molar-refractivity contribution in [3.8, 4) is 0 Å². The Kier molecular flexibility index (Phi) is 5.27. The van der Waals surface area contributed by atoms with E-state index in [1.165, 1.54) is 19.7 Å². The number of likely N-dealkylation sites (N-methyl/N-ethyl adjacent to an activating group) is 1. The van der Waals surface area contributed by atoms with E-state index >= 15 is 0 Å². The topological polar surface area (TPSA) is 90.3 Å². The number of ketones is 1. The first-order valence-electron chi connectivity index (χ1n) is 7.96. The molecule has 0 saturated heterocycles. The summed E-state index contributed by atoms with van der Waals surface area (Å²) in [4.78, 5) is 38.5. The molecule has 134 valence electrons. The molecule has 0 fully saturated rings. The van der Waals surface area contributed by atoms with Gasteiger partial charge in [0.1, 0.15) is 11.4 Å². The summed E-state index contributed by atoms with van der Waals surface area (Å²) in [6.45, 7) is 4.66. The third-order valence-corrected chi connectivity index (χ3v) is 4.34. The average Bonchev–Trinajstić information content (AvgIpc) is 2.54. The van der Waals surface area contributed by atoms with Crippen LogP contribution in [-0.4, -0.2) is 33.4 Å². The third kappa shape index (κ3) is 3.71. The number of nitrogens with two attached hydrogens (primary N) is 1. The number of carbonyl (C=O) groups excluding carboxylic acids is 1. The van der Waals surface area contributed by atoms with Gasteiger partial charge in [-0.1, -0.05) is 23.8 Å². The average molecular weight is 344 g/mol. The van der Waals surface area contributed by atoms with Gasteiger partial charge in [-0.25, -0.2) is 4.79 Å². The largest absolute Gasteiger partial charge is 0.384 e. The fraction of sp³-hybridized carbons (Fsp3) is 0.389. The number of carbonyl (C=O) groups is 1. The molecule has 2 N–H and O–H groups in total. The first kappa shape index (κ1) is 18.7. The van der Waals surface area contributed by atoms with Crippen molar-refractivity contribution in [1.82, 2.24) is 14.0 Å². The predicted octanol–water partition coefficient (Wildman–Crippen LogP) is 0.598. The van der Waals surface area contributed by atoms with Crippen LogP contribution in [0.5, 0.6) is 0 Å². The Labute approximate surface area is 146 Å². The van der Waals surface area contributed by atoms with E-state index in [-0.39, 0.29) is 17.9 Å². The van der Waals surface area contributed by atoms with Crippen molar-refractivity contribution >= 4 is 11.6 Å². The van der Waals surface area contributed by atoms with E-state index in [2.05, 4.69) is 6.07 Å². The van der Waals surface area contributed by atoms with Crippen LogP contribution in [0.2, 0.25) is 0 Å². The first-order valence-corrected chi connectivity index (χ1v) is 7.96. The maximum absolute atomic E-state index is 12.6. The van der Waals surface area contributed by atoms with Crippen LogP contribution in [0.15, 0.2) is 27.8 Å². The number of hydrogen-bond donors (Lipinski definition) is 1. The van der Waals surface area contributed by atoms with Gasteiger partial charge in [-0.15, -0.1) is 0 Å². The monoisotopic (exact) mass is 344 g/mol. The van der Waals surface area contributed by atoms with Crippen LogP contribution in [0, 0.1) is 13.8 Å². The summed E-state index contributed by atoms with van der Waals surface area (Å²) in [7, 11) is 4.58. The Hall–Kier alpha value is -2.67. The van der Waals surface area contributed by atoms with Crippen molar-refractivity contribution < 1.29 is 4.79 Å². The van der Waals surface area contributed by atoms with Gasteiger partial charge in [-0.05, 0) is 32.0 Å². The minimum absolute atomic E-state index is 0.0327. The lowest BCUT2D eigenvalue weighted by molar-refractivity contribution is 0.0941. The molecule has 0 spiro atoms. The zero-order valence-corrected chi connectivity index (χ0v) is 15.3. The molecule has 2 rings (SSSR count). The number of aromatic nitrogens is 2. The van der Waals surface area contributed by atoms with Crippen LogP contribution in [-0.2, 0) is 20.6 Å². The van der Waals surface area contributed by atoms with Crippen LogP contribution in [0.3, 0.4) is 0 Å². The zero-order valence-electron chi connectivity index (χ0n) is 15.3. The fourth-order valence-electron chi connectivity index (χ4n) is 2.82. The second-order valence-corrected chi connectivity index (χ2v) is 6.49. The molecule has 25 heavy (non-hydrogen) atoms. The molecular weight excluding hydrogens is 320 g/mol. The highest BCUT2D eigenvalue weighted by Crippen LogP contribution is 2.13. The Morgan fingerprint density at radius 1 is 1.16 bits per heavy atom. The van der Waals surface area contributed by atoms with Gasteiger partial charge in [0.2, 0.25) is 0 Å². The number of nitrogen functional groups attached to an aromatic ring is 1. The molecule has 1 heterocycles. The number of nitrogens with zero attached hydrogens (tertiary/aromatic N) is 3. The van der Waals surface area contributed by atoms with Gasteiger partial charge in [0.15, 0.2) is 5.78 Å². The van der Waals surface area contributed by atoms with Gasteiger partial charge in [-0.3, -0.25) is 23.6 Å². The number of aryl methyl sites for hydroxylation is 2. The molecule has 0 amide bonds. The fourth-order valence-corrected chi connectivity index (χ4v) is 2.82. The predicted molar refractivity (Wildman–Crippen MR) is 97.9 cm³/mol. The van der Waals surface area contributed by atoms with Crippen molar-refractivity contribution in [3.05, 3.63) is 61.3 Å². The maximum atomic E-state index is 12.6. The lowest BCUT2D eigenvalue weighted by Crippen LogP contribution is -2.43. The van der Waals surface area contributed by atoms with Gasteiger partial charge in [0, 0.05) is 20.6 Å². The third-order valence-electron chi connectivity index (χ3n) is 4.34. The van der Waals surface area contributed by atoms with Gasteiger partial charge >= 0.3 is 5.69 Å². The van der Waals surface area contributed by atoms with Crippen molar-refractivity contribution in [2.75, 3.05) is 19.3 Å². The van der Waals surface area contributed by atoms with Gasteiger partial charge in [-0.2, -0.15) is 0 Å². The summed E-state index contributed by atoms with van der Waals surface area (Å²) in [5, 5.41) is 0. The summed E-state index contributed by atoms with van der Waals surface area (Å²) in [6, 6.07) is 6.15. The summed E-state index contributed by atoms with van der Waals surface area (Å²) in [5.74, 6) is -0.501. The lowest BCUT2D eigenvalue weighted by Gasteiger charge is -2.18. The lowest BCUT2D eigenvalue weighted by atomic mass is 10.1. The highest BCUT2D eigenvalue weighted by atomic mass is 16.2. The highest BCUT2D eigenvalue weighted by molar-refractivity contribution is 6.01. The Balaban J connectivity index is 2.25. The number of rotatable bonds is 5. The molecule has 0 aliphatic heterocycles. The zero-order chi connectivity index (χ0) is 18.9. The molecule has 0 bridgehead atoms. The van der Waals surface area contributed by atoms with E-state index in [9.17, 15) is 14.4 Å². The van der Waals surface area contributed by atoms with E-state index in [1.54, 1.807) is 7.05 Å². The quantitative estimate of drug-likeness (QED) is 0.802. The molecule has 0 radical (unpaired) electrons. The summed E-state index contributed by atoms with van der Waals surface area (Å²) < 4.78 is 2.01. The molecule has 0 aliphatic rings. The Morgan fingerprint density at radius 3 is 2.40 bits per heavy atom. The SMILES string of the molecule is Cc1ccc(CN(C)CC(=O)c2c(N)n(C)c(=O)n(C)c2=O)c(C)c1. The number of Topliss-reactive ketones (excluding diaryl/α,β-unsaturated/α-hetero) is 1. The molecule has 0 unspecified atom stereocenters. The molecule has 1 aromatic carbocycles. The molecule has 0 saturated carbocycles. The van der Waals surface area contributed by atoms with E-state index in [0.29, 0.717) is 6.54 Å². The van der Waals surface area contributed by atoms with Gasteiger partial charge in [0.25, 0.3) is 5.56 Å². The van der Waals surface area contributed by atoms with Crippen molar-refractivity contribution in [1.29, 1.82) is 0 Å². The first-order chi connectivity index (χ1) is 11.6. The minimum Gasteiger partial charge on any atom is -0.384 e. The van der Waals surface area contributed by atoms with Crippen LogP contribution in [0.4, 0.5) is 5.82 Å². The van der Waals surface area contributed by atoms with E-state index in [4.69, 9.17) is 5.73 Å². The summed E-state index contributed by atoms with van der Waals surface area (Å²) in [5.41, 5.74) is 7.92. The van der Waals surface area contributed by atoms with Crippen LogP contribution in [0.25, 0.3) is 0 Å². The minimum atomic E-state index is -0.662. The van der Waals surface area contributed by atoms with Gasteiger partial charge in [0.05, 0.1) is 6.54 Å². The molecule has 0 aliphatic carbocycles. The van der Waals surface area contributed by atoms with E-state index in [1.807, 2.05) is 30.9 Å².